The summed E-state index contributed by atoms with van der Waals surface area (Å²) in [6, 6.07) is 0. The summed E-state index contributed by atoms with van der Waals surface area (Å²) in [5.41, 5.74) is -0.227. The number of carbonyl (C=O) groups is 7. The third-order valence-electron chi connectivity index (χ3n) is 6.05. The Morgan fingerprint density at radius 3 is 0.731 bits per heavy atom. The molecule has 0 aliphatic carbocycles. The summed E-state index contributed by atoms with van der Waals surface area (Å²) in [7, 11) is 0. The zero-order chi connectivity index (χ0) is 42.6. The van der Waals surface area contributed by atoms with Gasteiger partial charge >= 0.3 is 5.97 Å². The maximum atomic E-state index is 13.2. The third kappa shape index (κ3) is 103. The van der Waals surface area contributed by atoms with E-state index in [4.69, 9.17) is 64.1 Å². The van der Waals surface area contributed by atoms with E-state index >= 15 is 0 Å². The van der Waals surface area contributed by atoms with E-state index in [9.17, 15) is 4.79 Å². The van der Waals surface area contributed by atoms with Crippen LogP contribution in [0.5, 0.6) is 0 Å². The van der Waals surface area contributed by atoms with E-state index in [1.807, 2.05) is 13.8 Å². The molecule has 0 bridgehead atoms. The normalized spacial score (nSPS) is 9.31. The van der Waals surface area contributed by atoms with E-state index in [1.165, 1.54) is 96.3 Å². The molecule has 0 spiro atoms. The standard InChI is InChI=1S/C26H52O2.6C2H4O2/c1-6-9-12-15-18-21-26(25(27)28-24(4)5,22-19-16-13-10-7-2)23-20-17-14-11-8-3;6*1-2(3)4/h24H,6-23H2,1-5H3;6*1H3,(H,3,4). The summed E-state index contributed by atoms with van der Waals surface area (Å²) in [5.74, 6) is -4.90. The van der Waals surface area contributed by atoms with Crippen LogP contribution in [0.25, 0.3) is 0 Å². The average Bonchev–Trinajstić information content (AvgIpc) is 2.94. The summed E-state index contributed by atoms with van der Waals surface area (Å²) < 4.78 is 5.81. The number of unbranched alkanes of at least 4 members (excludes halogenated alkanes) is 12. The second-order valence-electron chi connectivity index (χ2n) is 12.3. The molecule has 0 aliphatic rings. The molecule has 0 aromatic rings. The van der Waals surface area contributed by atoms with Gasteiger partial charge in [0.05, 0.1) is 11.5 Å². The smallest absolute Gasteiger partial charge is 0.312 e. The van der Waals surface area contributed by atoms with Crippen LogP contribution in [0, 0.1) is 5.41 Å². The van der Waals surface area contributed by atoms with Crippen LogP contribution in [-0.2, 0) is 38.3 Å². The number of aliphatic carboxylic acids is 6. The highest BCUT2D eigenvalue weighted by molar-refractivity contribution is 5.77. The molecule has 0 fully saturated rings. The lowest BCUT2D eigenvalue weighted by atomic mass is 9.74. The predicted octanol–water partition coefficient (Wildman–Crippen LogP) is 9.55. The fourth-order valence-corrected chi connectivity index (χ4v) is 4.22. The molecule has 0 rings (SSSR count). The minimum Gasteiger partial charge on any atom is -0.481 e. The molecule has 0 saturated carbocycles. The number of ether oxygens (including phenoxy) is 1. The molecule has 0 aromatic carbocycles. The van der Waals surface area contributed by atoms with Gasteiger partial charge in [-0.2, -0.15) is 0 Å². The summed E-state index contributed by atoms with van der Waals surface area (Å²) in [6.45, 7) is 17.3. The number of carboxylic acids is 6. The van der Waals surface area contributed by atoms with Crippen molar-refractivity contribution in [3.05, 3.63) is 0 Å². The van der Waals surface area contributed by atoms with Crippen molar-refractivity contribution in [3.63, 3.8) is 0 Å². The lowest BCUT2D eigenvalue weighted by molar-refractivity contribution is -0.162. The molecule has 6 N–H and O–H groups in total. The van der Waals surface area contributed by atoms with Crippen LogP contribution in [0.3, 0.4) is 0 Å². The molecule has 0 radical (unpaired) electrons. The number of hydrogen-bond acceptors (Lipinski definition) is 8. The van der Waals surface area contributed by atoms with Gasteiger partial charge < -0.3 is 35.4 Å². The molecular weight excluding hydrogens is 680 g/mol. The topological polar surface area (TPSA) is 250 Å². The highest BCUT2D eigenvalue weighted by atomic mass is 16.5. The predicted molar refractivity (Wildman–Crippen MR) is 204 cm³/mol. The van der Waals surface area contributed by atoms with E-state index in [2.05, 4.69) is 20.8 Å². The highest BCUT2D eigenvalue weighted by Gasteiger charge is 2.38. The second-order valence-corrected chi connectivity index (χ2v) is 12.3. The summed E-state index contributed by atoms with van der Waals surface area (Å²) >= 11 is 0. The molecule has 0 heterocycles. The Kier molecular flexibility index (Phi) is 60.2. The number of esters is 1. The van der Waals surface area contributed by atoms with E-state index in [0.717, 1.165) is 60.8 Å². The van der Waals surface area contributed by atoms with Gasteiger partial charge in [-0.25, -0.2) is 0 Å². The van der Waals surface area contributed by atoms with Gasteiger partial charge in [0.1, 0.15) is 0 Å². The lowest BCUT2D eigenvalue weighted by Gasteiger charge is -2.33. The van der Waals surface area contributed by atoms with Gasteiger partial charge in [0.25, 0.3) is 35.8 Å². The highest BCUT2D eigenvalue weighted by Crippen LogP contribution is 2.39. The molecule has 0 atom stereocenters. The molecule has 0 amide bonds. The SMILES string of the molecule is CC(=O)O.CC(=O)O.CC(=O)O.CC(=O)O.CC(=O)O.CC(=O)O.CCCCCCCC(CCCCCCC)(CCCCCCC)C(=O)OC(C)C. The van der Waals surface area contributed by atoms with E-state index in [1.54, 1.807) is 0 Å². The summed E-state index contributed by atoms with van der Waals surface area (Å²) in [6.07, 6.45) is 22.1. The first-order valence-corrected chi connectivity index (χ1v) is 18.3. The average molecular weight is 757 g/mol. The van der Waals surface area contributed by atoms with Crippen molar-refractivity contribution >= 4 is 41.8 Å². The second kappa shape index (κ2) is 49.4. The van der Waals surface area contributed by atoms with Gasteiger partial charge in [0.15, 0.2) is 0 Å². The van der Waals surface area contributed by atoms with Crippen molar-refractivity contribution in [2.24, 2.45) is 5.41 Å². The maximum Gasteiger partial charge on any atom is 0.312 e. The minimum absolute atomic E-state index is 0.00727. The Balaban J connectivity index is -0.000000135. The van der Waals surface area contributed by atoms with E-state index in [-0.39, 0.29) is 17.5 Å². The van der Waals surface area contributed by atoms with Gasteiger partial charge in [-0.15, -0.1) is 0 Å². The van der Waals surface area contributed by atoms with Crippen LogP contribution < -0.4 is 0 Å². The molecular formula is C38H76O14. The minimum atomic E-state index is -0.833. The first-order valence-electron chi connectivity index (χ1n) is 18.3. The Morgan fingerprint density at radius 1 is 0.404 bits per heavy atom. The third-order valence-corrected chi connectivity index (χ3v) is 6.05. The van der Waals surface area contributed by atoms with Crippen LogP contribution in [0.15, 0.2) is 0 Å². The van der Waals surface area contributed by atoms with Crippen molar-refractivity contribution in [3.8, 4) is 0 Å². The van der Waals surface area contributed by atoms with Crippen LogP contribution in [0.1, 0.15) is 192 Å². The van der Waals surface area contributed by atoms with Crippen LogP contribution in [0.4, 0.5) is 0 Å². The zero-order valence-corrected chi connectivity index (χ0v) is 34.3. The monoisotopic (exact) mass is 757 g/mol. The molecule has 0 aliphatic heterocycles. The first-order chi connectivity index (χ1) is 23.9. The Labute approximate surface area is 313 Å². The fraction of sp³-hybridized carbons (Fsp3) is 0.816. The fourth-order valence-electron chi connectivity index (χ4n) is 4.22. The van der Waals surface area contributed by atoms with Crippen molar-refractivity contribution in [2.75, 3.05) is 0 Å². The van der Waals surface area contributed by atoms with Gasteiger partial charge in [0, 0.05) is 41.5 Å². The Bertz CT molecular complexity index is 717. The van der Waals surface area contributed by atoms with Crippen molar-refractivity contribution in [1.82, 2.24) is 0 Å². The first kappa shape index (κ1) is 63.3. The number of rotatable bonds is 20. The van der Waals surface area contributed by atoms with E-state index in [0.29, 0.717) is 0 Å². The summed E-state index contributed by atoms with van der Waals surface area (Å²) in [5, 5.41) is 44.5. The molecule has 0 aromatic heterocycles. The van der Waals surface area contributed by atoms with Crippen LogP contribution >= 0.6 is 0 Å². The van der Waals surface area contributed by atoms with E-state index < -0.39 is 35.8 Å². The van der Waals surface area contributed by atoms with Crippen molar-refractivity contribution < 1.29 is 68.9 Å². The zero-order valence-electron chi connectivity index (χ0n) is 34.3. The van der Waals surface area contributed by atoms with Gasteiger partial charge in [-0.1, -0.05) is 117 Å². The number of carboxylic acid groups (broad SMARTS) is 6. The molecule has 52 heavy (non-hydrogen) atoms. The van der Waals surface area contributed by atoms with Crippen molar-refractivity contribution in [2.45, 2.75) is 198 Å². The maximum absolute atomic E-state index is 13.2. The Hall–Kier alpha value is -3.71. The van der Waals surface area contributed by atoms with Crippen molar-refractivity contribution in [1.29, 1.82) is 0 Å². The molecule has 0 saturated heterocycles. The molecule has 14 heteroatoms. The number of hydrogen-bond donors (Lipinski definition) is 6. The largest absolute Gasteiger partial charge is 0.481 e. The van der Waals surface area contributed by atoms with Gasteiger partial charge in [-0.05, 0) is 33.1 Å². The van der Waals surface area contributed by atoms with Gasteiger partial charge in [-0.3, -0.25) is 33.6 Å². The van der Waals surface area contributed by atoms with Crippen LogP contribution in [-0.4, -0.2) is 78.5 Å². The molecule has 0 unspecified atom stereocenters. The Morgan fingerprint density at radius 2 is 0.577 bits per heavy atom. The van der Waals surface area contributed by atoms with Gasteiger partial charge in [0.2, 0.25) is 0 Å². The van der Waals surface area contributed by atoms with Crippen LogP contribution in [0.2, 0.25) is 0 Å². The number of carbonyl (C=O) groups excluding carboxylic acids is 1. The lowest BCUT2D eigenvalue weighted by Crippen LogP contribution is -2.35. The summed E-state index contributed by atoms with van der Waals surface area (Å²) in [4.78, 5) is 67.2. The molecule has 14 nitrogen and oxygen atoms in total. The molecule has 312 valence electrons. The quantitative estimate of drug-likeness (QED) is 0.0500.